The lowest BCUT2D eigenvalue weighted by atomic mass is 9.84. The molecule has 2 aromatic carbocycles. The number of likely N-dealkylation sites (tertiary alicyclic amines) is 1. The van der Waals surface area contributed by atoms with E-state index in [-0.39, 0.29) is 29.2 Å². The van der Waals surface area contributed by atoms with Crippen molar-refractivity contribution in [3.8, 4) is 5.75 Å². The smallest absolute Gasteiger partial charge is 0.417 e. The van der Waals surface area contributed by atoms with Crippen molar-refractivity contribution in [3.05, 3.63) is 75.3 Å². The van der Waals surface area contributed by atoms with Crippen LogP contribution in [0.15, 0.2) is 45.6 Å². The first kappa shape index (κ1) is 29.8. The first-order valence-electron chi connectivity index (χ1n) is 13.5. The van der Waals surface area contributed by atoms with Gasteiger partial charge in [0, 0.05) is 63.5 Å². The normalized spacial score (nSPS) is 21.8. The SMILES string of the molecule is C[C@@H]1Cc2c(ccc3[nH]c(=O)oc23)[C@@H](c2c(F)cc(F)cc2OC2CCN(C/C=C/C(=O)N(C)C)C2)N1CC(F)(F)F. The number of halogens is 5. The van der Waals surface area contributed by atoms with E-state index in [0.717, 1.165) is 11.0 Å². The van der Waals surface area contributed by atoms with Crippen molar-refractivity contribution in [2.45, 2.75) is 44.1 Å². The highest BCUT2D eigenvalue weighted by atomic mass is 19.4. The van der Waals surface area contributed by atoms with E-state index < -0.39 is 48.3 Å². The summed E-state index contributed by atoms with van der Waals surface area (Å²) in [5.41, 5.74) is 1.13. The van der Waals surface area contributed by atoms with Gasteiger partial charge in [0.1, 0.15) is 23.5 Å². The van der Waals surface area contributed by atoms with Gasteiger partial charge in [0.2, 0.25) is 5.91 Å². The number of H-pyrrole nitrogens is 1. The predicted molar refractivity (Wildman–Crippen MR) is 144 cm³/mol. The Morgan fingerprint density at radius 1 is 1.24 bits per heavy atom. The van der Waals surface area contributed by atoms with Gasteiger partial charge in [-0.1, -0.05) is 12.1 Å². The number of amides is 1. The van der Waals surface area contributed by atoms with Crippen LogP contribution in [-0.2, 0) is 11.2 Å². The second kappa shape index (κ2) is 11.5. The summed E-state index contributed by atoms with van der Waals surface area (Å²) in [7, 11) is 3.28. The van der Waals surface area contributed by atoms with Crippen LogP contribution < -0.4 is 10.5 Å². The Morgan fingerprint density at radius 3 is 2.71 bits per heavy atom. The molecule has 13 heteroatoms. The van der Waals surface area contributed by atoms with E-state index in [4.69, 9.17) is 9.15 Å². The highest BCUT2D eigenvalue weighted by Crippen LogP contribution is 2.46. The monoisotopic (exact) mass is 594 g/mol. The van der Waals surface area contributed by atoms with Crippen LogP contribution in [0, 0.1) is 11.6 Å². The fourth-order valence-corrected chi connectivity index (χ4v) is 5.79. The summed E-state index contributed by atoms with van der Waals surface area (Å²) in [6, 6.07) is 2.62. The number of ether oxygens (including phenoxy) is 1. The lowest BCUT2D eigenvalue weighted by Crippen LogP contribution is -2.47. The second-order valence-electron chi connectivity index (χ2n) is 11.0. The molecular formula is C29H31F5N4O4. The van der Waals surface area contributed by atoms with Crippen molar-refractivity contribution in [1.29, 1.82) is 0 Å². The van der Waals surface area contributed by atoms with E-state index in [0.29, 0.717) is 48.8 Å². The van der Waals surface area contributed by atoms with Gasteiger partial charge in [0.15, 0.2) is 5.58 Å². The highest BCUT2D eigenvalue weighted by Gasteiger charge is 2.44. The average molecular weight is 595 g/mol. The van der Waals surface area contributed by atoms with Crippen molar-refractivity contribution in [2.24, 2.45) is 0 Å². The maximum Gasteiger partial charge on any atom is 0.417 e. The first-order chi connectivity index (χ1) is 19.8. The molecule has 0 radical (unpaired) electrons. The summed E-state index contributed by atoms with van der Waals surface area (Å²) >= 11 is 0. The molecule has 0 saturated carbocycles. The molecule has 0 bridgehead atoms. The largest absolute Gasteiger partial charge is 0.488 e. The molecule has 1 aromatic heterocycles. The summed E-state index contributed by atoms with van der Waals surface area (Å²) in [6.45, 7) is 1.66. The molecule has 3 heterocycles. The number of nitrogens with zero attached hydrogens (tertiary/aromatic N) is 3. The number of carbonyl (C=O) groups excluding carboxylic acids is 1. The molecule has 1 saturated heterocycles. The topological polar surface area (TPSA) is 82.0 Å². The Kier molecular flexibility index (Phi) is 8.17. The number of likely N-dealkylation sites (N-methyl/N-ethyl adjacent to an activating group) is 1. The van der Waals surface area contributed by atoms with Crippen molar-refractivity contribution in [1.82, 2.24) is 19.7 Å². The zero-order valence-electron chi connectivity index (χ0n) is 23.3. The van der Waals surface area contributed by atoms with Gasteiger partial charge in [-0.05, 0) is 31.4 Å². The second-order valence-corrected chi connectivity index (χ2v) is 11.0. The number of hydrogen-bond acceptors (Lipinski definition) is 6. The van der Waals surface area contributed by atoms with Crippen LogP contribution in [0.1, 0.15) is 36.1 Å². The van der Waals surface area contributed by atoms with Crippen LogP contribution in [0.2, 0.25) is 0 Å². The lowest BCUT2D eigenvalue weighted by Gasteiger charge is -2.42. The quantitative estimate of drug-likeness (QED) is 0.323. The van der Waals surface area contributed by atoms with Crippen LogP contribution in [-0.4, -0.2) is 84.2 Å². The van der Waals surface area contributed by atoms with E-state index in [1.165, 1.54) is 23.1 Å². The molecule has 1 unspecified atom stereocenters. The Hall–Kier alpha value is -3.71. The van der Waals surface area contributed by atoms with Crippen molar-refractivity contribution in [2.75, 3.05) is 40.3 Å². The van der Waals surface area contributed by atoms with Gasteiger partial charge in [-0.3, -0.25) is 19.6 Å². The zero-order valence-corrected chi connectivity index (χ0v) is 23.3. The minimum atomic E-state index is -4.61. The van der Waals surface area contributed by atoms with Gasteiger partial charge in [0.05, 0.1) is 23.7 Å². The molecule has 5 rings (SSSR count). The molecule has 0 spiro atoms. The fraction of sp³-hybridized carbons (Fsp3) is 0.448. The van der Waals surface area contributed by atoms with Crippen molar-refractivity contribution < 1.29 is 35.9 Å². The third kappa shape index (κ3) is 6.21. The molecule has 3 aromatic rings. The fourth-order valence-electron chi connectivity index (χ4n) is 5.79. The predicted octanol–water partition coefficient (Wildman–Crippen LogP) is 4.40. The minimum absolute atomic E-state index is 0.112. The number of hydrogen-bond donors (Lipinski definition) is 1. The molecule has 2 aliphatic heterocycles. The Morgan fingerprint density at radius 2 is 2.00 bits per heavy atom. The van der Waals surface area contributed by atoms with Crippen molar-refractivity contribution in [3.63, 3.8) is 0 Å². The van der Waals surface area contributed by atoms with Crippen LogP contribution in [0.5, 0.6) is 5.75 Å². The van der Waals surface area contributed by atoms with E-state index in [9.17, 15) is 27.2 Å². The number of benzene rings is 2. The van der Waals surface area contributed by atoms with Crippen LogP contribution in [0.3, 0.4) is 0 Å². The molecule has 0 aliphatic carbocycles. The van der Waals surface area contributed by atoms with Gasteiger partial charge >= 0.3 is 11.9 Å². The number of nitrogens with one attached hydrogen (secondary N) is 1. The van der Waals surface area contributed by atoms with E-state index in [2.05, 4.69) is 4.98 Å². The van der Waals surface area contributed by atoms with Crippen LogP contribution in [0.4, 0.5) is 22.0 Å². The average Bonchev–Trinajstić information content (AvgIpc) is 3.49. The first-order valence-corrected chi connectivity index (χ1v) is 13.5. The minimum Gasteiger partial charge on any atom is -0.488 e. The zero-order chi connectivity index (χ0) is 30.3. The summed E-state index contributed by atoms with van der Waals surface area (Å²) in [4.78, 5) is 30.8. The maximum absolute atomic E-state index is 15.7. The molecule has 1 amide bonds. The summed E-state index contributed by atoms with van der Waals surface area (Å²) in [5, 5.41) is 0. The number of aromatic nitrogens is 1. The number of carbonyl (C=O) groups is 1. The Bertz CT molecular complexity index is 1560. The number of fused-ring (bicyclic) bond motifs is 3. The third-order valence-electron chi connectivity index (χ3n) is 7.70. The maximum atomic E-state index is 15.7. The van der Waals surface area contributed by atoms with Crippen LogP contribution >= 0.6 is 0 Å². The molecule has 42 heavy (non-hydrogen) atoms. The molecule has 8 nitrogen and oxygen atoms in total. The Labute approximate surface area is 238 Å². The number of oxazole rings is 1. The lowest BCUT2D eigenvalue weighted by molar-refractivity contribution is -0.155. The van der Waals surface area contributed by atoms with E-state index in [1.54, 1.807) is 27.1 Å². The van der Waals surface area contributed by atoms with Gasteiger partial charge < -0.3 is 14.1 Å². The van der Waals surface area contributed by atoms with E-state index in [1.807, 2.05) is 4.90 Å². The molecule has 1 fully saturated rings. The standard InChI is InChI=1S/C29H31F5N4O4/c1-16-11-20-19(6-7-22-27(20)42-28(40)35-22)26(38(16)15-29(32,33)34)25-21(31)12-17(30)13-23(25)41-18-8-10-37(14-18)9-4-5-24(39)36(2)3/h4-7,12-13,16,18,26H,8-11,14-15H2,1-3H3,(H,35,40)/b5-4+/t16-,18?,26+/m1/s1. The summed E-state index contributed by atoms with van der Waals surface area (Å²) in [6.07, 6.45) is -1.32. The molecule has 1 N–H and O–H groups in total. The van der Waals surface area contributed by atoms with Crippen molar-refractivity contribution >= 4 is 17.0 Å². The van der Waals surface area contributed by atoms with Crippen LogP contribution in [0.25, 0.3) is 11.1 Å². The molecular weight excluding hydrogens is 563 g/mol. The highest BCUT2D eigenvalue weighted by molar-refractivity contribution is 5.87. The molecule has 226 valence electrons. The number of alkyl halides is 3. The van der Waals surface area contributed by atoms with Gasteiger partial charge in [-0.2, -0.15) is 13.2 Å². The number of rotatable bonds is 7. The van der Waals surface area contributed by atoms with Gasteiger partial charge in [0.25, 0.3) is 0 Å². The third-order valence-corrected chi connectivity index (χ3v) is 7.70. The summed E-state index contributed by atoms with van der Waals surface area (Å²) in [5.74, 6) is -3.04. The number of aromatic amines is 1. The summed E-state index contributed by atoms with van der Waals surface area (Å²) < 4.78 is 83.3. The van der Waals surface area contributed by atoms with E-state index >= 15 is 4.39 Å². The van der Waals surface area contributed by atoms with Gasteiger partial charge in [-0.25, -0.2) is 13.6 Å². The molecule has 3 atom stereocenters. The Balaban J connectivity index is 1.52. The van der Waals surface area contributed by atoms with Gasteiger partial charge in [-0.15, -0.1) is 0 Å². The molecule has 2 aliphatic rings.